The smallest absolute Gasteiger partial charge is 0.257 e. The zero-order valence-electron chi connectivity index (χ0n) is 14.1. The number of hydrogen-bond acceptors (Lipinski definition) is 4. The average molecular weight is 340 g/mol. The monoisotopic (exact) mass is 340 g/mol. The lowest BCUT2D eigenvalue weighted by Gasteiger charge is -2.05. The van der Waals surface area contributed by atoms with Gasteiger partial charge in [-0.1, -0.05) is 30.4 Å². The van der Waals surface area contributed by atoms with Gasteiger partial charge in [0.05, 0.1) is 16.8 Å². The van der Waals surface area contributed by atoms with Crippen molar-refractivity contribution in [2.45, 2.75) is 27.2 Å². The van der Waals surface area contributed by atoms with Crippen LogP contribution < -0.4 is 10.1 Å². The van der Waals surface area contributed by atoms with Crippen LogP contribution in [0.4, 0.5) is 5.13 Å². The van der Waals surface area contributed by atoms with Gasteiger partial charge in [-0.15, -0.1) is 0 Å². The number of ether oxygens (including phenoxy) is 1. The number of rotatable bonds is 5. The van der Waals surface area contributed by atoms with Crippen LogP contribution in [0.25, 0.3) is 10.2 Å². The lowest BCUT2D eigenvalue weighted by Crippen LogP contribution is -2.11. The van der Waals surface area contributed by atoms with E-state index in [9.17, 15) is 4.79 Å². The Morgan fingerprint density at radius 3 is 2.50 bits per heavy atom. The molecule has 0 atom stereocenters. The van der Waals surface area contributed by atoms with Crippen LogP contribution >= 0.6 is 11.3 Å². The van der Waals surface area contributed by atoms with E-state index in [2.05, 4.69) is 36.3 Å². The maximum Gasteiger partial charge on any atom is 0.257 e. The summed E-state index contributed by atoms with van der Waals surface area (Å²) in [4.78, 5) is 17.0. The van der Waals surface area contributed by atoms with Crippen molar-refractivity contribution in [3.63, 3.8) is 0 Å². The van der Waals surface area contributed by atoms with E-state index in [1.165, 1.54) is 16.9 Å². The van der Waals surface area contributed by atoms with Crippen molar-refractivity contribution >= 4 is 32.6 Å². The van der Waals surface area contributed by atoms with E-state index >= 15 is 0 Å². The Hall–Kier alpha value is -2.40. The van der Waals surface area contributed by atoms with Crippen LogP contribution in [0.15, 0.2) is 36.4 Å². The molecule has 0 radical (unpaired) electrons. The first-order chi connectivity index (χ1) is 11.6. The van der Waals surface area contributed by atoms with Gasteiger partial charge >= 0.3 is 0 Å². The summed E-state index contributed by atoms with van der Waals surface area (Å²) >= 11 is 1.51. The lowest BCUT2D eigenvalue weighted by atomic mass is 10.1. The number of hydrogen-bond donors (Lipinski definition) is 1. The molecule has 1 N–H and O–H groups in total. The molecular weight excluding hydrogens is 320 g/mol. The summed E-state index contributed by atoms with van der Waals surface area (Å²) in [5.74, 6) is 0.617. The summed E-state index contributed by atoms with van der Waals surface area (Å²) in [5, 5.41) is 3.52. The Morgan fingerprint density at radius 2 is 1.83 bits per heavy atom. The molecule has 3 aromatic rings. The minimum Gasteiger partial charge on any atom is -0.494 e. The quantitative estimate of drug-likeness (QED) is 0.714. The van der Waals surface area contributed by atoms with Gasteiger partial charge in [-0.2, -0.15) is 0 Å². The van der Waals surface area contributed by atoms with Gasteiger partial charge in [-0.05, 0) is 55.7 Å². The highest BCUT2D eigenvalue weighted by Crippen LogP contribution is 2.31. The molecule has 0 saturated heterocycles. The summed E-state index contributed by atoms with van der Waals surface area (Å²) in [6.07, 6.45) is 0.957. The number of nitrogens with one attached hydrogen (secondary N) is 1. The number of nitrogens with zero attached hydrogens (tertiary/aromatic N) is 1. The van der Waals surface area contributed by atoms with Crippen molar-refractivity contribution in [3.8, 4) is 5.75 Å². The van der Waals surface area contributed by atoms with Crippen LogP contribution in [0, 0.1) is 13.8 Å². The Labute approximate surface area is 145 Å². The summed E-state index contributed by atoms with van der Waals surface area (Å²) in [5.41, 5.74) is 3.83. The highest BCUT2D eigenvalue weighted by molar-refractivity contribution is 7.22. The van der Waals surface area contributed by atoms with Gasteiger partial charge < -0.3 is 4.74 Å². The molecule has 0 aliphatic rings. The van der Waals surface area contributed by atoms with E-state index in [4.69, 9.17) is 4.74 Å². The van der Waals surface area contributed by atoms with E-state index in [0.29, 0.717) is 17.3 Å². The van der Waals surface area contributed by atoms with E-state index < -0.39 is 0 Å². The van der Waals surface area contributed by atoms with E-state index in [1.54, 1.807) is 12.1 Å². The van der Waals surface area contributed by atoms with Crippen molar-refractivity contribution in [2.75, 3.05) is 11.9 Å². The third kappa shape index (κ3) is 3.41. The number of carbonyl (C=O) groups is 1. The second kappa shape index (κ2) is 7.01. The molecule has 0 bridgehead atoms. The van der Waals surface area contributed by atoms with Crippen LogP contribution in [0.5, 0.6) is 5.75 Å². The fraction of sp³-hybridized carbons (Fsp3) is 0.263. The minimum atomic E-state index is -0.161. The second-order valence-electron chi connectivity index (χ2n) is 5.72. The van der Waals surface area contributed by atoms with Crippen molar-refractivity contribution in [2.24, 2.45) is 0 Å². The molecule has 2 aromatic carbocycles. The predicted molar refractivity (Wildman–Crippen MR) is 99.3 cm³/mol. The number of anilines is 1. The summed E-state index contributed by atoms with van der Waals surface area (Å²) in [6, 6.07) is 11.3. The first-order valence-electron chi connectivity index (χ1n) is 7.99. The minimum absolute atomic E-state index is 0.161. The molecule has 1 amide bonds. The zero-order chi connectivity index (χ0) is 17.1. The Morgan fingerprint density at radius 1 is 1.12 bits per heavy atom. The van der Waals surface area contributed by atoms with Crippen molar-refractivity contribution in [1.29, 1.82) is 0 Å². The molecule has 0 aliphatic carbocycles. The molecule has 1 heterocycles. The highest BCUT2D eigenvalue weighted by atomic mass is 32.1. The topological polar surface area (TPSA) is 51.2 Å². The Bertz CT molecular complexity index is 830. The number of benzene rings is 2. The van der Waals surface area contributed by atoms with Gasteiger partial charge in [0.15, 0.2) is 5.13 Å². The molecule has 1 aromatic heterocycles. The fourth-order valence-corrected chi connectivity index (χ4v) is 3.41. The number of aromatic nitrogens is 1. The molecule has 24 heavy (non-hydrogen) atoms. The summed E-state index contributed by atoms with van der Waals surface area (Å²) < 4.78 is 6.65. The van der Waals surface area contributed by atoms with Crippen molar-refractivity contribution < 1.29 is 9.53 Å². The van der Waals surface area contributed by atoms with E-state index in [-0.39, 0.29) is 5.91 Å². The van der Waals surface area contributed by atoms with Gasteiger partial charge in [-0.3, -0.25) is 10.1 Å². The van der Waals surface area contributed by atoms with Crippen LogP contribution in [-0.4, -0.2) is 17.5 Å². The maximum absolute atomic E-state index is 12.4. The molecule has 0 unspecified atom stereocenters. The average Bonchev–Trinajstić information content (AvgIpc) is 3.02. The van der Waals surface area contributed by atoms with E-state index in [1.807, 2.05) is 19.1 Å². The van der Waals surface area contributed by atoms with Crippen LogP contribution in [0.3, 0.4) is 0 Å². The Kier molecular flexibility index (Phi) is 4.81. The maximum atomic E-state index is 12.4. The lowest BCUT2D eigenvalue weighted by molar-refractivity contribution is 0.102. The zero-order valence-corrected chi connectivity index (χ0v) is 14.9. The first kappa shape index (κ1) is 16.5. The highest BCUT2D eigenvalue weighted by Gasteiger charge is 2.12. The van der Waals surface area contributed by atoms with Gasteiger partial charge in [-0.25, -0.2) is 4.98 Å². The fourth-order valence-electron chi connectivity index (χ4n) is 2.40. The second-order valence-corrected chi connectivity index (χ2v) is 6.72. The van der Waals surface area contributed by atoms with Gasteiger partial charge in [0.25, 0.3) is 5.91 Å². The standard InChI is InChI=1S/C19H20N2O2S/c1-4-11-23-15-9-7-14(8-10-15)18(22)21-19-20-16-12(2)5-6-13(3)17(16)24-19/h5-10H,4,11H2,1-3H3,(H,20,21,22). The molecule has 0 aliphatic heterocycles. The number of amides is 1. The molecule has 0 fully saturated rings. The molecular formula is C19H20N2O2S. The number of carbonyl (C=O) groups excluding carboxylic acids is 1. The van der Waals surface area contributed by atoms with E-state index in [0.717, 1.165) is 28.0 Å². The molecule has 3 rings (SSSR count). The largest absolute Gasteiger partial charge is 0.494 e. The van der Waals surface area contributed by atoms with Gasteiger partial charge in [0, 0.05) is 5.56 Å². The normalized spacial score (nSPS) is 10.8. The molecule has 0 spiro atoms. The number of fused-ring (bicyclic) bond motifs is 1. The van der Waals surface area contributed by atoms with Crippen molar-refractivity contribution in [3.05, 3.63) is 53.1 Å². The van der Waals surface area contributed by atoms with Gasteiger partial charge in [0.1, 0.15) is 5.75 Å². The number of aryl methyl sites for hydroxylation is 2. The van der Waals surface area contributed by atoms with Crippen LogP contribution in [0.1, 0.15) is 34.8 Å². The van der Waals surface area contributed by atoms with Crippen molar-refractivity contribution in [1.82, 2.24) is 4.98 Å². The predicted octanol–water partition coefficient (Wildman–Crippen LogP) is 4.95. The first-order valence-corrected chi connectivity index (χ1v) is 8.81. The summed E-state index contributed by atoms with van der Waals surface area (Å²) in [6.45, 7) is 6.82. The number of thiazole rings is 1. The Balaban J connectivity index is 1.77. The van der Waals surface area contributed by atoms with Crippen LogP contribution in [0.2, 0.25) is 0 Å². The third-order valence-electron chi connectivity index (χ3n) is 3.75. The SMILES string of the molecule is CCCOc1ccc(C(=O)Nc2nc3c(C)ccc(C)c3s2)cc1. The summed E-state index contributed by atoms with van der Waals surface area (Å²) in [7, 11) is 0. The third-order valence-corrected chi connectivity index (χ3v) is 4.86. The van der Waals surface area contributed by atoms with Gasteiger partial charge in [0.2, 0.25) is 0 Å². The molecule has 5 heteroatoms. The van der Waals surface area contributed by atoms with Crippen LogP contribution in [-0.2, 0) is 0 Å². The molecule has 0 saturated carbocycles. The molecule has 4 nitrogen and oxygen atoms in total. The molecule has 124 valence electrons.